The van der Waals surface area contributed by atoms with Crippen molar-refractivity contribution < 1.29 is 0 Å². The number of nitrogens with zero attached hydrogens (tertiary/aromatic N) is 1. The minimum atomic E-state index is 0.781. The largest absolute Gasteiger partial charge is 0.372 e. The van der Waals surface area contributed by atoms with Gasteiger partial charge in [-0.2, -0.15) is 0 Å². The van der Waals surface area contributed by atoms with Crippen molar-refractivity contribution in [3.05, 3.63) is 30.3 Å². The van der Waals surface area contributed by atoms with Crippen LogP contribution in [-0.2, 0) is 0 Å². The Morgan fingerprint density at radius 3 is 2.63 bits per heavy atom. The number of benzene rings is 1. The Balaban J connectivity index is 1.79. The van der Waals surface area contributed by atoms with Crippen molar-refractivity contribution in [3.63, 3.8) is 0 Å². The van der Waals surface area contributed by atoms with E-state index in [9.17, 15) is 0 Å². The third-order valence-electron chi connectivity index (χ3n) is 4.05. The maximum absolute atomic E-state index is 3.59. The summed E-state index contributed by atoms with van der Waals surface area (Å²) in [6.45, 7) is 5.88. The van der Waals surface area contributed by atoms with Gasteiger partial charge in [-0.15, -0.1) is 0 Å². The van der Waals surface area contributed by atoms with Crippen molar-refractivity contribution in [2.45, 2.75) is 51.5 Å². The number of hydrogen-bond acceptors (Lipinski definition) is 2. The Hall–Kier alpha value is -1.02. The quantitative estimate of drug-likeness (QED) is 0.764. The fourth-order valence-electron chi connectivity index (χ4n) is 2.89. The first-order chi connectivity index (χ1) is 9.40. The molecule has 0 radical (unpaired) electrons. The molecule has 1 atom stereocenters. The Morgan fingerprint density at radius 2 is 1.95 bits per heavy atom. The molecule has 106 valence electrons. The number of hydrogen-bond donors (Lipinski definition) is 1. The van der Waals surface area contributed by atoms with E-state index in [1.807, 2.05) is 0 Å². The van der Waals surface area contributed by atoms with E-state index in [0.717, 1.165) is 6.04 Å². The second-order valence-corrected chi connectivity index (χ2v) is 5.61. The summed E-state index contributed by atoms with van der Waals surface area (Å²) in [7, 11) is 0. The zero-order valence-electron chi connectivity index (χ0n) is 12.3. The Kier molecular flexibility index (Phi) is 6.22. The molecule has 1 aliphatic heterocycles. The molecule has 1 aromatic carbocycles. The van der Waals surface area contributed by atoms with Gasteiger partial charge >= 0.3 is 0 Å². The minimum absolute atomic E-state index is 0.781. The molecule has 2 rings (SSSR count). The summed E-state index contributed by atoms with van der Waals surface area (Å²) in [5.41, 5.74) is 1.38. The van der Waals surface area contributed by atoms with Gasteiger partial charge in [0.25, 0.3) is 0 Å². The van der Waals surface area contributed by atoms with Crippen LogP contribution in [0.2, 0.25) is 0 Å². The van der Waals surface area contributed by atoms with Crippen molar-refractivity contribution in [1.82, 2.24) is 5.32 Å². The lowest BCUT2D eigenvalue weighted by Gasteiger charge is -2.25. The molecule has 2 heteroatoms. The standard InChI is InChI=1S/C17H28N2/c1-2-3-14-19(17-11-5-4-6-12-17)15-8-10-16-9-7-13-18-16/h4-6,11-12,16,18H,2-3,7-10,13-15H2,1H3. The lowest BCUT2D eigenvalue weighted by Crippen LogP contribution is -2.28. The first-order valence-corrected chi connectivity index (χ1v) is 7.93. The highest BCUT2D eigenvalue weighted by molar-refractivity contribution is 5.45. The van der Waals surface area contributed by atoms with Gasteiger partial charge in [-0.1, -0.05) is 31.5 Å². The molecule has 0 aromatic heterocycles. The van der Waals surface area contributed by atoms with Gasteiger partial charge in [0.15, 0.2) is 0 Å². The van der Waals surface area contributed by atoms with E-state index in [2.05, 4.69) is 47.5 Å². The molecule has 0 spiro atoms. The van der Waals surface area contributed by atoms with Crippen LogP contribution in [0, 0.1) is 0 Å². The lowest BCUT2D eigenvalue weighted by molar-refractivity contribution is 0.530. The summed E-state index contributed by atoms with van der Waals surface area (Å²) in [6.07, 6.45) is 7.93. The Bertz CT molecular complexity index is 330. The van der Waals surface area contributed by atoms with Crippen LogP contribution in [0.1, 0.15) is 45.4 Å². The van der Waals surface area contributed by atoms with Crippen LogP contribution in [-0.4, -0.2) is 25.7 Å². The second kappa shape index (κ2) is 8.21. The van der Waals surface area contributed by atoms with Gasteiger partial charge in [-0.25, -0.2) is 0 Å². The van der Waals surface area contributed by atoms with Gasteiger partial charge in [0.2, 0.25) is 0 Å². The first-order valence-electron chi connectivity index (χ1n) is 7.93. The number of unbranched alkanes of at least 4 members (excludes halogenated alkanes) is 1. The summed E-state index contributed by atoms with van der Waals surface area (Å²) in [5, 5.41) is 3.59. The van der Waals surface area contributed by atoms with Gasteiger partial charge in [-0.3, -0.25) is 0 Å². The third-order valence-corrected chi connectivity index (χ3v) is 4.05. The van der Waals surface area contributed by atoms with Crippen molar-refractivity contribution >= 4 is 5.69 Å². The topological polar surface area (TPSA) is 15.3 Å². The SMILES string of the molecule is CCCCN(CCCC1CCCN1)c1ccccc1. The molecule has 0 bridgehead atoms. The molecule has 1 fully saturated rings. The molecule has 19 heavy (non-hydrogen) atoms. The van der Waals surface area contributed by atoms with Gasteiger partial charge < -0.3 is 10.2 Å². The van der Waals surface area contributed by atoms with Crippen LogP contribution in [0.25, 0.3) is 0 Å². The molecule has 1 N–H and O–H groups in total. The molecule has 0 aliphatic carbocycles. The van der Waals surface area contributed by atoms with Crippen LogP contribution >= 0.6 is 0 Å². The predicted molar refractivity (Wildman–Crippen MR) is 83.8 cm³/mol. The number of anilines is 1. The maximum atomic E-state index is 3.59. The third kappa shape index (κ3) is 4.87. The average Bonchev–Trinajstić information content (AvgIpc) is 2.97. The monoisotopic (exact) mass is 260 g/mol. The summed E-state index contributed by atoms with van der Waals surface area (Å²) < 4.78 is 0. The summed E-state index contributed by atoms with van der Waals surface area (Å²) in [5.74, 6) is 0. The van der Waals surface area contributed by atoms with Crippen molar-refractivity contribution in [2.75, 3.05) is 24.5 Å². The van der Waals surface area contributed by atoms with Gasteiger partial charge in [0, 0.05) is 24.8 Å². The fourth-order valence-corrected chi connectivity index (χ4v) is 2.89. The average molecular weight is 260 g/mol. The van der Waals surface area contributed by atoms with Crippen LogP contribution in [0.4, 0.5) is 5.69 Å². The van der Waals surface area contributed by atoms with Crippen LogP contribution in [0.15, 0.2) is 30.3 Å². The van der Waals surface area contributed by atoms with Crippen LogP contribution in [0.3, 0.4) is 0 Å². The molecular formula is C17H28N2. The highest BCUT2D eigenvalue weighted by Gasteiger charge is 2.14. The molecule has 0 amide bonds. The Morgan fingerprint density at radius 1 is 1.16 bits per heavy atom. The molecule has 1 saturated heterocycles. The van der Waals surface area contributed by atoms with Gasteiger partial charge in [0.1, 0.15) is 0 Å². The van der Waals surface area contributed by atoms with Gasteiger partial charge in [-0.05, 0) is 50.8 Å². The molecule has 1 unspecified atom stereocenters. The van der Waals surface area contributed by atoms with E-state index in [0.29, 0.717) is 0 Å². The van der Waals surface area contributed by atoms with E-state index in [1.54, 1.807) is 0 Å². The van der Waals surface area contributed by atoms with Crippen LogP contribution in [0.5, 0.6) is 0 Å². The summed E-state index contributed by atoms with van der Waals surface area (Å²) in [4.78, 5) is 2.55. The van der Waals surface area contributed by atoms with Crippen molar-refractivity contribution in [2.24, 2.45) is 0 Å². The van der Waals surface area contributed by atoms with Crippen LogP contribution < -0.4 is 10.2 Å². The number of nitrogens with one attached hydrogen (secondary N) is 1. The Labute approximate surface area is 118 Å². The highest BCUT2D eigenvalue weighted by Crippen LogP contribution is 2.17. The fraction of sp³-hybridized carbons (Fsp3) is 0.647. The minimum Gasteiger partial charge on any atom is -0.372 e. The van der Waals surface area contributed by atoms with E-state index in [1.165, 1.54) is 63.8 Å². The zero-order valence-corrected chi connectivity index (χ0v) is 12.3. The summed E-state index contributed by atoms with van der Waals surface area (Å²) in [6, 6.07) is 11.7. The molecular weight excluding hydrogens is 232 g/mol. The van der Waals surface area contributed by atoms with E-state index >= 15 is 0 Å². The number of para-hydroxylation sites is 1. The smallest absolute Gasteiger partial charge is 0.0366 e. The number of rotatable bonds is 8. The molecule has 1 aromatic rings. The predicted octanol–water partition coefficient (Wildman–Crippen LogP) is 3.83. The van der Waals surface area contributed by atoms with E-state index in [-0.39, 0.29) is 0 Å². The second-order valence-electron chi connectivity index (χ2n) is 5.61. The first kappa shape index (κ1) is 14.4. The van der Waals surface area contributed by atoms with Crippen molar-refractivity contribution in [3.8, 4) is 0 Å². The van der Waals surface area contributed by atoms with E-state index in [4.69, 9.17) is 0 Å². The molecule has 1 aliphatic rings. The maximum Gasteiger partial charge on any atom is 0.0366 e. The van der Waals surface area contributed by atoms with Crippen molar-refractivity contribution in [1.29, 1.82) is 0 Å². The molecule has 2 nitrogen and oxygen atoms in total. The molecule has 0 saturated carbocycles. The molecule has 1 heterocycles. The highest BCUT2D eigenvalue weighted by atomic mass is 15.1. The lowest BCUT2D eigenvalue weighted by atomic mass is 10.1. The van der Waals surface area contributed by atoms with Gasteiger partial charge in [0.05, 0.1) is 0 Å². The normalized spacial score (nSPS) is 18.7. The zero-order chi connectivity index (χ0) is 13.3. The van der Waals surface area contributed by atoms with E-state index < -0.39 is 0 Å². The summed E-state index contributed by atoms with van der Waals surface area (Å²) >= 11 is 0.